The molecule has 0 aliphatic heterocycles. The van der Waals surface area contributed by atoms with E-state index in [9.17, 15) is 0 Å². The molecule has 3 nitrogen and oxygen atoms in total. The minimum absolute atomic E-state index is 0. The standard InChI is InChI=1S/3C16H13N.Ir/c3*1-12-11-16(13-7-3-2-4-8-13)17-15-10-6-5-9-14(12)15;/h3*2-11H,1H3;. The molecular formula is C48H39IrN3. The molecule has 4 heteroatoms. The molecule has 6 aromatic carbocycles. The van der Waals surface area contributed by atoms with Crippen LogP contribution in [0.1, 0.15) is 16.7 Å². The fourth-order valence-corrected chi connectivity index (χ4v) is 6.32. The molecule has 3 heterocycles. The fraction of sp³-hybridized carbons (Fsp3) is 0.0625. The first-order chi connectivity index (χ1) is 25.0. The number of para-hydroxylation sites is 3. The average Bonchev–Trinajstić information content (AvgIpc) is 3.19. The van der Waals surface area contributed by atoms with E-state index in [0.717, 1.165) is 33.6 Å². The van der Waals surface area contributed by atoms with E-state index in [-0.39, 0.29) is 20.1 Å². The summed E-state index contributed by atoms with van der Waals surface area (Å²) in [6.45, 7) is 6.41. The molecule has 0 aliphatic carbocycles. The maximum atomic E-state index is 4.71. The van der Waals surface area contributed by atoms with Gasteiger partial charge in [0.1, 0.15) is 0 Å². The quantitative estimate of drug-likeness (QED) is 0.178. The molecule has 52 heavy (non-hydrogen) atoms. The van der Waals surface area contributed by atoms with Gasteiger partial charge < -0.3 is 0 Å². The van der Waals surface area contributed by atoms with E-state index in [1.54, 1.807) is 0 Å². The van der Waals surface area contributed by atoms with Crippen molar-refractivity contribution >= 4 is 32.7 Å². The predicted octanol–water partition coefficient (Wildman–Crippen LogP) is 12.6. The Kier molecular flexibility index (Phi) is 11.7. The minimum atomic E-state index is 0. The van der Waals surface area contributed by atoms with Gasteiger partial charge in [0.25, 0.3) is 0 Å². The second kappa shape index (κ2) is 16.9. The van der Waals surface area contributed by atoms with Gasteiger partial charge in [-0.2, -0.15) is 0 Å². The number of aromatic nitrogens is 3. The van der Waals surface area contributed by atoms with Crippen LogP contribution in [0.15, 0.2) is 182 Å². The third-order valence-corrected chi connectivity index (χ3v) is 8.98. The first-order valence-corrected chi connectivity index (χ1v) is 17.3. The Morgan fingerprint density at radius 3 is 0.788 bits per heavy atom. The maximum Gasteiger partial charge on any atom is 0.0712 e. The number of pyridine rings is 3. The summed E-state index contributed by atoms with van der Waals surface area (Å²) < 4.78 is 0. The van der Waals surface area contributed by atoms with E-state index in [2.05, 4.69) is 130 Å². The Hall–Kier alpha value is -5.80. The molecule has 0 atom stereocenters. The number of fused-ring (bicyclic) bond motifs is 3. The molecule has 3 aromatic heterocycles. The van der Waals surface area contributed by atoms with E-state index in [1.807, 2.05) is 72.8 Å². The van der Waals surface area contributed by atoms with Gasteiger partial charge in [0.15, 0.2) is 0 Å². The van der Waals surface area contributed by atoms with Crippen LogP contribution in [0.4, 0.5) is 0 Å². The van der Waals surface area contributed by atoms with Crippen LogP contribution >= 0.6 is 0 Å². The summed E-state index contributed by atoms with van der Waals surface area (Å²) in [5, 5.41) is 3.69. The van der Waals surface area contributed by atoms with E-state index in [0.29, 0.717) is 0 Å². The molecule has 9 rings (SSSR count). The molecule has 0 unspecified atom stereocenters. The average molecular weight is 850 g/mol. The largest absolute Gasteiger partial charge is 0.248 e. The third kappa shape index (κ3) is 8.38. The molecule has 0 aliphatic rings. The summed E-state index contributed by atoms with van der Waals surface area (Å²) in [5.41, 5.74) is 13.6. The van der Waals surface area contributed by atoms with Gasteiger partial charge in [-0.05, 0) is 73.9 Å². The number of rotatable bonds is 3. The first kappa shape index (κ1) is 36.0. The van der Waals surface area contributed by atoms with E-state index in [1.165, 1.54) is 49.5 Å². The van der Waals surface area contributed by atoms with Crippen LogP contribution in [0, 0.1) is 20.8 Å². The van der Waals surface area contributed by atoms with Crippen molar-refractivity contribution in [1.82, 2.24) is 15.0 Å². The Bertz CT molecular complexity index is 2260. The maximum absolute atomic E-state index is 4.71. The van der Waals surface area contributed by atoms with Crippen molar-refractivity contribution in [2.24, 2.45) is 0 Å². The molecule has 0 N–H and O–H groups in total. The van der Waals surface area contributed by atoms with Crippen LogP contribution < -0.4 is 0 Å². The van der Waals surface area contributed by atoms with Gasteiger partial charge in [0.05, 0.1) is 33.6 Å². The topological polar surface area (TPSA) is 38.7 Å². The monoisotopic (exact) mass is 850 g/mol. The zero-order valence-corrected chi connectivity index (χ0v) is 31.9. The van der Waals surface area contributed by atoms with Crippen LogP contribution in [0.5, 0.6) is 0 Å². The van der Waals surface area contributed by atoms with E-state index < -0.39 is 0 Å². The van der Waals surface area contributed by atoms with Gasteiger partial charge in [-0.1, -0.05) is 146 Å². The molecule has 0 bridgehead atoms. The summed E-state index contributed by atoms with van der Waals surface area (Å²) in [6.07, 6.45) is 0. The van der Waals surface area contributed by atoms with Crippen molar-refractivity contribution in [3.63, 3.8) is 0 Å². The summed E-state index contributed by atoms with van der Waals surface area (Å²) in [4.78, 5) is 14.1. The smallest absolute Gasteiger partial charge is 0.0712 e. The molecule has 0 spiro atoms. The Labute approximate surface area is 319 Å². The van der Waals surface area contributed by atoms with Gasteiger partial charge in [-0.25, -0.2) is 15.0 Å². The van der Waals surface area contributed by atoms with Gasteiger partial charge in [0, 0.05) is 53.0 Å². The fourth-order valence-electron chi connectivity index (χ4n) is 6.32. The summed E-state index contributed by atoms with van der Waals surface area (Å²) in [5.74, 6) is 0. The zero-order valence-electron chi connectivity index (χ0n) is 29.5. The summed E-state index contributed by atoms with van der Waals surface area (Å²) in [7, 11) is 0. The number of nitrogens with zero attached hydrogens (tertiary/aromatic N) is 3. The van der Waals surface area contributed by atoms with Crippen molar-refractivity contribution in [3.8, 4) is 33.8 Å². The Morgan fingerprint density at radius 1 is 0.288 bits per heavy atom. The van der Waals surface area contributed by atoms with Crippen molar-refractivity contribution < 1.29 is 20.1 Å². The Balaban J connectivity index is 0.000000133. The first-order valence-electron chi connectivity index (χ1n) is 17.3. The SMILES string of the molecule is Cc1cc(-c2ccccc2)nc2ccccc12.Cc1cc(-c2ccccc2)nc2ccccc12.Cc1cc(-c2ccccc2)nc2ccccc12.[Ir]. The Morgan fingerprint density at radius 2 is 0.519 bits per heavy atom. The summed E-state index contributed by atoms with van der Waals surface area (Å²) >= 11 is 0. The van der Waals surface area contributed by atoms with E-state index >= 15 is 0 Å². The molecule has 0 saturated carbocycles. The second-order valence-corrected chi connectivity index (χ2v) is 12.6. The number of aryl methyl sites for hydroxylation is 3. The van der Waals surface area contributed by atoms with Crippen molar-refractivity contribution in [3.05, 3.63) is 199 Å². The number of benzene rings is 6. The predicted molar refractivity (Wildman–Crippen MR) is 216 cm³/mol. The number of hydrogen-bond acceptors (Lipinski definition) is 3. The van der Waals surface area contributed by atoms with E-state index in [4.69, 9.17) is 15.0 Å². The molecule has 1 radical (unpaired) electrons. The van der Waals surface area contributed by atoms with Crippen molar-refractivity contribution in [2.75, 3.05) is 0 Å². The minimum Gasteiger partial charge on any atom is -0.248 e. The molecule has 9 aromatic rings. The van der Waals surface area contributed by atoms with Gasteiger partial charge in [-0.3, -0.25) is 0 Å². The molecule has 0 saturated heterocycles. The van der Waals surface area contributed by atoms with Crippen LogP contribution in [0.25, 0.3) is 66.5 Å². The summed E-state index contributed by atoms with van der Waals surface area (Å²) in [6, 6.07) is 62.2. The zero-order chi connectivity index (χ0) is 35.0. The van der Waals surface area contributed by atoms with Crippen molar-refractivity contribution in [1.29, 1.82) is 0 Å². The van der Waals surface area contributed by atoms with Crippen LogP contribution in [-0.2, 0) is 20.1 Å². The van der Waals surface area contributed by atoms with Crippen LogP contribution in [0.3, 0.4) is 0 Å². The van der Waals surface area contributed by atoms with Crippen molar-refractivity contribution in [2.45, 2.75) is 20.8 Å². The molecular weight excluding hydrogens is 811 g/mol. The normalized spacial score (nSPS) is 10.4. The van der Waals surface area contributed by atoms with Gasteiger partial charge in [0.2, 0.25) is 0 Å². The number of hydrogen-bond donors (Lipinski definition) is 0. The van der Waals surface area contributed by atoms with Crippen LogP contribution in [0.2, 0.25) is 0 Å². The van der Waals surface area contributed by atoms with Crippen LogP contribution in [-0.4, -0.2) is 15.0 Å². The van der Waals surface area contributed by atoms with Gasteiger partial charge in [-0.15, -0.1) is 0 Å². The molecule has 0 amide bonds. The third-order valence-electron chi connectivity index (χ3n) is 8.98. The molecule has 0 fully saturated rings. The van der Waals surface area contributed by atoms with Gasteiger partial charge >= 0.3 is 0 Å². The molecule has 255 valence electrons. The second-order valence-electron chi connectivity index (χ2n) is 12.6.